The van der Waals surface area contributed by atoms with E-state index in [0.717, 1.165) is 24.3 Å². The molecular formula is C16H14N6O. The summed E-state index contributed by atoms with van der Waals surface area (Å²) in [5.41, 5.74) is 2.68. The first kappa shape index (κ1) is 13.7. The summed E-state index contributed by atoms with van der Waals surface area (Å²) in [4.78, 5) is 11.3. The van der Waals surface area contributed by atoms with Crippen LogP contribution in [0.1, 0.15) is 5.56 Å². The number of rotatable bonds is 2. The maximum Gasteiger partial charge on any atom is 0.130 e. The van der Waals surface area contributed by atoms with Crippen LogP contribution >= 0.6 is 0 Å². The van der Waals surface area contributed by atoms with Crippen molar-refractivity contribution in [2.75, 3.05) is 31.2 Å². The van der Waals surface area contributed by atoms with Gasteiger partial charge in [0.1, 0.15) is 22.7 Å². The van der Waals surface area contributed by atoms with Crippen molar-refractivity contribution < 1.29 is 4.74 Å². The first-order valence-electron chi connectivity index (χ1n) is 7.39. The van der Waals surface area contributed by atoms with Crippen molar-refractivity contribution in [2.24, 2.45) is 0 Å². The van der Waals surface area contributed by atoms with Gasteiger partial charge in [-0.2, -0.15) is 10.4 Å². The van der Waals surface area contributed by atoms with Gasteiger partial charge < -0.3 is 9.64 Å². The molecule has 1 saturated heterocycles. The SMILES string of the molecule is N#Cc1cc(N2CCOCC2)nc2c(-c3cc[nH]n3)nccc12. The number of aromatic amines is 1. The van der Waals surface area contributed by atoms with Gasteiger partial charge in [-0.25, -0.2) is 4.98 Å². The third kappa shape index (κ3) is 2.39. The number of hydrogen-bond donors (Lipinski definition) is 1. The molecule has 7 nitrogen and oxygen atoms in total. The van der Waals surface area contributed by atoms with Crippen LogP contribution in [0.5, 0.6) is 0 Å². The molecule has 0 bridgehead atoms. The van der Waals surface area contributed by atoms with Crippen molar-refractivity contribution >= 4 is 16.7 Å². The molecule has 0 saturated carbocycles. The Hall–Kier alpha value is -2.98. The van der Waals surface area contributed by atoms with E-state index in [0.29, 0.717) is 35.7 Å². The van der Waals surface area contributed by atoms with E-state index in [4.69, 9.17) is 9.72 Å². The van der Waals surface area contributed by atoms with Crippen molar-refractivity contribution in [3.63, 3.8) is 0 Å². The zero-order chi connectivity index (χ0) is 15.6. The molecule has 7 heteroatoms. The summed E-state index contributed by atoms with van der Waals surface area (Å²) in [7, 11) is 0. The summed E-state index contributed by atoms with van der Waals surface area (Å²) >= 11 is 0. The van der Waals surface area contributed by atoms with Gasteiger partial charge in [-0.3, -0.25) is 10.1 Å². The predicted molar refractivity (Wildman–Crippen MR) is 84.9 cm³/mol. The number of anilines is 1. The van der Waals surface area contributed by atoms with Crippen LogP contribution < -0.4 is 4.90 Å². The highest BCUT2D eigenvalue weighted by atomic mass is 16.5. The van der Waals surface area contributed by atoms with Crippen molar-refractivity contribution in [2.45, 2.75) is 0 Å². The van der Waals surface area contributed by atoms with E-state index in [1.54, 1.807) is 12.4 Å². The number of morpholine rings is 1. The number of aromatic nitrogens is 4. The Morgan fingerprint density at radius 1 is 1.26 bits per heavy atom. The number of ether oxygens (including phenoxy) is 1. The number of fused-ring (bicyclic) bond motifs is 1. The third-order valence-electron chi connectivity index (χ3n) is 3.91. The monoisotopic (exact) mass is 306 g/mol. The average molecular weight is 306 g/mol. The Kier molecular flexibility index (Phi) is 3.37. The molecule has 0 unspecified atom stereocenters. The second-order valence-corrected chi connectivity index (χ2v) is 5.25. The van der Waals surface area contributed by atoms with E-state index in [1.165, 1.54) is 0 Å². The van der Waals surface area contributed by atoms with Crippen LogP contribution in [0.15, 0.2) is 30.6 Å². The fourth-order valence-corrected chi connectivity index (χ4v) is 2.76. The highest BCUT2D eigenvalue weighted by Crippen LogP contribution is 2.28. The van der Waals surface area contributed by atoms with Gasteiger partial charge in [-0.15, -0.1) is 0 Å². The van der Waals surface area contributed by atoms with Crippen LogP contribution in [-0.4, -0.2) is 46.5 Å². The Morgan fingerprint density at radius 2 is 2.13 bits per heavy atom. The molecule has 3 aromatic rings. The molecule has 0 aliphatic carbocycles. The van der Waals surface area contributed by atoms with E-state index in [-0.39, 0.29) is 0 Å². The molecular weight excluding hydrogens is 292 g/mol. The summed E-state index contributed by atoms with van der Waals surface area (Å²) in [5.74, 6) is 0.780. The van der Waals surface area contributed by atoms with Gasteiger partial charge in [0.15, 0.2) is 0 Å². The molecule has 0 amide bonds. The Labute approximate surface area is 132 Å². The molecule has 1 N–H and O–H groups in total. The van der Waals surface area contributed by atoms with E-state index in [2.05, 4.69) is 26.2 Å². The first-order valence-corrected chi connectivity index (χ1v) is 7.39. The normalized spacial score (nSPS) is 14.8. The predicted octanol–water partition coefficient (Wildman–Crippen LogP) is 1.73. The van der Waals surface area contributed by atoms with Crippen LogP contribution in [0.2, 0.25) is 0 Å². The maximum atomic E-state index is 9.52. The fourth-order valence-electron chi connectivity index (χ4n) is 2.76. The topological polar surface area (TPSA) is 90.7 Å². The molecule has 0 atom stereocenters. The lowest BCUT2D eigenvalue weighted by atomic mass is 10.1. The first-order chi connectivity index (χ1) is 11.4. The molecule has 4 heterocycles. The summed E-state index contributed by atoms with van der Waals surface area (Å²) in [6.45, 7) is 2.87. The summed E-state index contributed by atoms with van der Waals surface area (Å²) < 4.78 is 5.39. The quantitative estimate of drug-likeness (QED) is 0.775. The smallest absolute Gasteiger partial charge is 0.130 e. The van der Waals surface area contributed by atoms with Crippen LogP contribution in [0.4, 0.5) is 5.82 Å². The lowest BCUT2D eigenvalue weighted by Crippen LogP contribution is -2.36. The minimum atomic E-state index is 0.593. The Bertz CT molecular complexity index is 877. The molecule has 1 aliphatic rings. The van der Waals surface area contributed by atoms with Crippen LogP contribution in [0.3, 0.4) is 0 Å². The van der Waals surface area contributed by atoms with Gasteiger partial charge in [0.05, 0.1) is 24.8 Å². The minimum absolute atomic E-state index is 0.593. The zero-order valence-corrected chi connectivity index (χ0v) is 12.4. The summed E-state index contributed by atoms with van der Waals surface area (Å²) in [6, 6.07) is 7.77. The van der Waals surface area contributed by atoms with Crippen LogP contribution in [0.25, 0.3) is 22.3 Å². The maximum absolute atomic E-state index is 9.52. The second-order valence-electron chi connectivity index (χ2n) is 5.25. The molecule has 4 rings (SSSR count). The Morgan fingerprint density at radius 3 is 2.87 bits per heavy atom. The van der Waals surface area contributed by atoms with Gasteiger partial charge in [0.2, 0.25) is 0 Å². The number of nitrogens with one attached hydrogen (secondary N) is 1. The molecule has 0 aromatic carbocycles. The molecule has 1 fully saturated rings. The van der Waals surface area contributed by atoms with Gasteiger partial charge in [0, 0.05) is 30.9 Å². The lowest BCUT2D eigenvalue weighted by molar-refractivity contribution is 0.122. The highest BCUT2D eigenvalue weighted by molar-refractivity contribution is 5.95. The van der Waals surface area contributed by atoms with Crippen molar-refractivity contribution in [3.05, 3.63) is 36.2 Å². The fraction of sp³-hybridized carbons (Fsp3) is 0.250. The molecule has 23 heavy (non-hydrogen) atoms. The van der Waals surface area contributed by atoms with E-state index < -0.39 is 0 Å². The zero-order valence-electron chi connectivity index (χ0n) is 12.4. The molecule has 1 aliphatic heterocycles. The van der Waals surface area contributed by atoms with E-state index >= 15 is 0 Å². The van der Waals surface area contributed by atoms with Gasteiger partial charge in [0.25, 0.3) is 0 Å². The van der Waals surface area contributed by atoms with Crippen molar-refractivity contribution in [1.29, 1.82) is 5.26 Å². The molecule has 3 aromatic heterocycles. The van der Waals surface area contributed by atoms with E-state index in [1.807, 2.05) is 18.2 Å². The minimum Gasteiger partial charge on any atom is -0.378 e. The van der Waals surface area contributed by atoms with Crippen molar-refractivity contribution in [1.82, 2.24) is 20.2 Å². The largest absolute Gasteiger partial charge is 0.378 e. The standard InChI is InChI=1S/C16H14N6O/c17-10-11-9-14(22-5-7-23-8-6-22)20-15-12(11)1-3-18-16(15)13-2-4-19-21-13/h1-4,9H,5-8H2,(H,19,21). The van der Waals surface area contributed by atoms with Crippen LogP contribution in [-0.2, 0) is 4.74 Å². The van der Waals surface area contributed by atoms with Crippen molar-refractivity contribution in [3.8, 4) is 17.5 Å². The second kappa shape index (κ2) is 5.66. The van der Waals surface area contributed by atoms with Gasteiger partial charge in [-0.1, -0.05) is 0 Å². The molecule has 0 radical (unpaired) electrons. The van der Waals surface area contributed by atoms with Crippen LogP contribution in [0, 0.1) is 11.3 Å². The number of nitrogens with zero attached hydrogens (tertiary/aromatic N) is 5. The number of hydrogen-bond acceptors (Lipinski definition) is 6. The third-order valence-corrected chi connectivity index (χ3v) is 3.91. The lowest BCUT2D eigenvalue weighted by Gasteiger charge is -2.28. The number of H-pyrrole nitrogens is 1. The summed E-state index contributed by atoms with van der Waals surface area (Å²) in [6.07, 6.45) is 3.43. The molecule has 0 spiro atoms. The number of nitriles is 1. The highest BCUT2D eigenvalue weighted by Gasteiger charge is 2.17. The van der Waals surface area contributed by atoms with E-state index in [9.17, 15) is 5.26 Å². The molecule has 114 valence electrons. The van der Waals surface area contributed by atoms with Gasteiger partial charge >= 0.3 is 0 Å². The summed E-state index contributed by atoms with van der Waals surface area (Å²) in [5, 5.41) is 17.3. The van der Waals surface area contributed by atoms with Gasteiger partial charge in [-0.05, 0) is 18.2 Å². The number of pyridine rings is 2. The Balaban J connectivity index is 1.93. The average Bonchev–Trinajstić information content (AvgIpc) is 3.15.